The summed E-state index contributed by atoms with van der Waals surface area (Å²) in [6.45, 7) is 0.573. The maximum atomic E-state index is 13.0. The number of carbonyl (C=O) groups excluding carboxylic acids is 1. The highest BCUT2D eigenvalue weighted by Gasteiger charge is 2.21. The number of hydrogen-bond donors (Lipinski definition) is 1. The molecule has 0 saturated carbocycles. The van der Waals surface area contributed by atoms with Crippen molar-refractivity contribution in [3.05, 3.63) is 70.3 Å². The van der Waals surface area contributed by atoms with Crippen molar-refractivity contribution in [2.45, 2.75) is 19.4 Å². The van der Waals surface area contributed by atoms with Gasteiger partial charge in [-0.2, -0.15) is 5.10 Å². The molecule has 1 aromatic heterocycles. The van der Waals surface area contributed by atoms with Gasteiger partial charge in [0.2, 0.25) is 0 Å². The molecule has 0 aliphatic carbocycles. The van der Waals surface area contributed by atoms with Crippen LogP contribution in [0, 0.1) is 0 Å². The molecule has 0 spiro atoms. The standard InChI is InChI=1S/C20H18N4O3/c1-27-20(26)13-9-10-16-15(12-13)19(25)24-11-5-8-17(18(24)21-16)23-22-14-6-3-2-4-7-14/h2-4,6-7,9-10,12,22H,5,8,11H2,1H3/b23-17+. The molecule has 0 atom stereocenters. The van der Waals surface area contributed by atoms with E-state index in [4.69, 9.17) is 4.74 Å². The van der Waals surface area contributed by atoms with E-state index in [1.807, 2.05) is 30.3 Å². The molecule has 0 saturated heterocycles. The number of nitrogens with zero attached hydrogens (tertiary/aromatic N) is 3. The first kappa shape index (κ1) is 17.0. The van der Waals surface area contributed by atoms with Crippen LogP contribution in [-0.2, 0) is 11.3 Å². The zero-order chi connectivity index (χ0) is 18.8. The maximum absolute atomic E-state index is 13.0. The highest BCUT2D eigenvalue weighted by atomic mass is 16.5. The number of benzene rings is 2. The summed E-state index contributed by atoms with van der Waals surface area (Å²) in [4.78, 5) is 29.3. The number of ether oxygens (including phenoxy) is 1. The van der Waals surface area contributed by atoms with E-state index >= 15 is 0 Å². The molecule has 27 heavy (non-hydrogen) atoms. The number of nitrogens with one attached hydrogen (secondary N) is 1. The number of anilines is 1. The molecule has 136 valence electrons. The summed E-state index contributed by atoms with van der Waals surface area (Å²) in [5.74, 6) is 0.0846. The fourth-order valence-electron chi connectivity index (χ4n) is 3.16. The lowest BCUT2D eigenvalue weighted by Crippen LogP contribution is -2.32. The monoisotopic (exact) mass is 362 g/mol. The van der Waals surface area contributed by atoms with E-state index in [2.05, 4.69) is 15.5 Å². The number of para-hydroxylation sites is 1. The van der Waals surface area contributed by atoms with Crippen LogP contribution < -0.4 is 11.0 Å². The van der Waals surface area contributed by atoms with Gasteiger partial charge in [-0.05, 0) is 43.2 Å². The maximum Gasteiger partial charge on any atom is 0.337 e. The van der Waals surface area contributed by atoms with Gasteiger partial charge in [0.15, 0.2) is 5.82 Å². The Bertz CT molecular complexity index is 1100. The molecule has 1 aliphatic rings. The minimum Gasteiger partial charge on any atom is -0.465 e. The molecule has 7 heteroatoms. The largest absolute Gasteiger partial charge is 0.465 e. The van der Waals surface area contributed by atoms with E-state index < -0.39 is 5.97 Å². The van der Waals surface area contributed by atoms with Crippen molar-refractivity contribution in [3.63, 3.8) is 0 Å². The first-order valence-electron chi connectivity index (χ1n) is 8.68. The Hall–Kier alpha value is -3.48. The van der Waals surface area contributed by atoms with Crippen LogP contribution in [0.5, 0.6) is 0 Å². The van der Waals surface area contributed by atoms with Crippen molar-refractivity contribution >= 4 is 28.3 Å². The molecule has 0 amide bonds. The molecule has 0 unspecified atom stereocenters. The van der Waals surface area contributed by atoms with Gasteiger partial charge in [0, 0.05) is 6.54 Å². The van der Waals surface area contributed by atoms with Gasteiger partial charge in [0.05, 0.1) is 29.3 Å². The number of rotatable bonds is 3. The van der Waals surface area contributed by atoms with Crippen molar-refractivity contribution in [2.24, 2.45) is 5.10 Å². The number of methoxy groups -OCH3 is 1. The van der Waals surface area contributed by atoms with E-state index in [1.165, 1.54) is 13.2 Å². The van der Waals surface area contributed by atoms with Gasteiger partial charge in [-0.3, -0.25) is 14.8 Å². The average molecular weight is 362 g/mol. The fraction of sp³-hybridized carbons (Fsp3) is 0.200. The lowest BCUT2D eigenvalue weighted by Gasteiger charge is -2.20. The van der Waals surface area contributed by atoms with Gasteiger partial charge in [-0.15, -0.1) is 0 Å². The SMILES string of the molecule is COC(=O)c1ccc2nc3n(c(=O)c2c1)CCC/C3=N\Nc1ccccc1. The lowest BCUT2D eigenvalue weighted by atomic mass is 10.1. The molecule has 2 aromatic carbocycles. The summed E-state index contributed by atoms with van der Waals surface area (Å²) in [5.41, 5.74) is 5.33. The molecule has 0 radical (unpaired) electrons. The van der Waals surface area contributed by atoms with E-state index in [1.54, 1.807) is 16.7 Å². The van der Waals surface area contributed by atoms with E-state index in [0.717, 1.165) is 24.2 Å². The van der Waals surface area contributed by atoms with Gasteiger partial charge in [0.25, 0.3) is 5.56 Å². The summed E-state index contributed by atoms with van der Waals surface area (Å²) in [5, 5.41) is 4.87. The van der Waals surface area contributed by atoms with Crippen molar-refractivity contribution < 1.29 is 9.53 Å². The number of aromatic nitrogens is 2. The van der Waals surface area contributed by atoms with Crippen LogP contribution in [0.25, 0.3) is 10.9 Å². The van der Waals surface area contributed by atoms with Crippen LogP contribution >= 0.6 is 0 Å². The Kier molecular flexibility index (Phi) is 4.42. The van der Waals surface area contributed by atoms with Gasteiger partial charge in [-0.25, -0.2) is 9.78 Å². The smallest absolute Gasteiger partial charge is 0.337 e. The average Bonchev–Trinajstić information content (AvgIpc) is 2.72. The van der Waals surface area contributed by atoms with Crippen LogP contribution in [0.15, 0.2) is 58.4 Å². The fourth-order valence-corrected chi connectivity index (χ4v) is 3.16. The molecule has 2 heterocycles. The Morgan fingerprint density at radius 2 is 2.04 bits per heavy atom. The van der Waals surface area contributed by atoms with Crippen molar-refractivity contribution in [1.82, 2.24) is 9.55 Å². The first-order chi connectivity index (χ1) is 13.2. The van der Waals surface area contributed by atoms with E-state index in [-0.39, 0.29) is 5.56 Å². The molecule has 0 fully saturated rings. The van der Waals surface area contributed by atoms with Gasteiger partial charge in [0.1, 0.15) is 5.71 Å². The van der Waals surface area contributed by atoms with E-state index in [9.17, 15) is 9.59 Å². The van der Waals surface area contributed by atoms with Crippen molar-refractivity contribution in [1.29, 1.82) is 0 Å². The minimum absolute atomic E-state index is 0.173. The summed E-state index contributed by atoms with van der Waals surface area (Å²) in [6, 6.07) is 14.4. The number of esters is 1. The summed E-state index contributed by atoms with van der Waals surface area (Å²) < 4.78 is 6.36. The van der Waals surface area contributed by atoms with Crippen LogP contribution in [-0.4, -0.2) is 28.3 Å². The lowest BCUT2D eigenvalue weighted by molar-refractivity contribution is 0.0601. The molecule has 1 aliphatic heterocycles. The van der Waals surface area contributed by atoms with Gasteiger partial charge in [-0.1, -0.05) is 18.2 Å². The third-order valence-electron chi connectivity index (χ3n) is 4.52. The van der Waals surface area contributed by atoms with Crippen molar-refractivity contribution in [2.75, 3.05) is 12.5 Å². The normalized spacial score (nSPS) is 14.8. The minimum atomic E-state index is -0.478. The van der Waals surface area contributed by atoms with E-state index in [0.29, 0.717) is 28.8 Å². The van der Waals surface area contributed by atoms with Crippen LogP contribution in [0.4, 0.5) is 5.69 Å². The second-order valence-electron chi connectivity index (χ2n) is 6.26. The Morgan fingerprint density at radius 1 is 1.22 bits per heavy atom. The van der Waals surface area contributed by atoms with Crippen LogP contribution in [0.1, 0.15) is 29.0 Å². The molecule has 7 nitrogen and oxygen atoms in total. The first-order valence-corrected chi connectivity index (χ1v) is 8.68. The van der Waals surface area contributed by atoms with Crippen molar-refractivity contribution in [3.8, 4) is 0 Å². The Labute approximate surface area is 155 Å². The Morgan fingerprint density at radius 3 is 2.81 bits per heavy atom. The molecule has 1 N–H and O–H groups in total. The summed E-state index contributed by atoms with van der Waals surface area (Å²) in [7, 11) is 1.31. The number of hydrazone groups is 1. The zero-order valence-electron chi connectivity index (χ0n) is 14.8. The molecule has 0 bridgehead atoms. The Balaban J connectivity index is 1.79. The second-order valence-corrected chi connectivity index (χ2v) is 6.26. The summed E-state index contributed by atoms with van der Waals surface area (Å²) >= 11 is 0. The van der Waals surface area contributed by atoms with Gasteiger partial charge < -0.3 is 4.74 Å². The quantitative estimate of drug-likeness (QED) is 0.572. The third-order valence-corrected chi connectivity index (χ3v) is 4.52. The molecule has 4 rings (SSSR count). The predicted molar refractivity (Wildman–Crippen MR) is 103 cm³/mol. The number of hydrogen-bond acceptors (Lipinski definition) is 6. The zero-order valence-corrected chi connectivity index (χ0v) is 14.8. The summed E-state index contributed by atoms with van der Waals surface area (Å²) in [6.07, 6.45) is 1.53. The number of carbonyl (C=O) groups is 1. The highest BCUT2D eigenvalue weighted by Crippen LogP contribution is 2.18. The highest BCUT2D eigenvalue weighted by molar-refractivity contribution is 6.00. The third kappa shape index (κ3) is 3.19. The topological polar surface area (TPSA) is 85.6 Å². The number of fused-ring (bicyclic) bond motifs is 2. The molecular weight excluding hydrogens is 344 g/mol. The predicted octanol–water partition coefficient (Wildman–Crippen LogP) is 2.79. The van der Waals surface area contributed by atoms with Crippen LogP contribution in [0.2, 0.25) is 0 Å². The molecular formula is C20H18N4O3. The van der Waals surface area contributed by atoms with Gasteiger partial charge >= 0.3 is 5.97 Å². The van der Waals surface area contributed by atoms with Crippen LogP contribution in [0.3, 0.4) is 0 Å². The molecule has 3 aromatic rings. The second kappa shape index (κ2) is 7.03.